The number of oxazole rings is 1. The lowest BCUT2D eigenvalue weighted by Crippen LogP contribution is -2.34. The van der Waals surface area contributed by atoms with Crippen LogP contribution in [0.2, 0.25) is 5.02 Å². The minimum atomic E-state index is 0.149. The van der Waals surface area contributed by atoms with Gasteiger partial charge in [-0.15, -0.1) is 0 Å². The number of rotatable bonds is 2. The summed E-state index contributed by atoms with van der Waals surface area (Å²) in [5.74, 6) is 0. The van der Waals surface area contributed by atoms with Gasteiger partial charge in [-0.3, -0.25) is 0 Å². The zero-order valence-corrected chi connectivity index (χ0v) is 11.0. The van der Waals surface area contributed by atoms with E-state index >= 15 is 0 Å². The maximum Gasteiger partial charge on any atom is 0.292 e. The summed E-state index contributed by atoms with van der Waals surface area (Å²) in [7, 11) is 0. The minimum absolute atomic E-state index is 0.149. The summed E-state index contributed by atoms with van der Waals surface area (Å²) < 4.78 is 10.5. The van der Waals surface area contributed by atoms with E-state index in [2.05, 4.69) is 10.3 Å². The van der Waals surface area contributed by atoms with Gasteiger partial charge in [0.05, 0.1) is 19.3 Å². The summed E-state index contributed by atoms with van der Waals surface area (Å²) in [6.07, 6.45) is 1.52. The van der Waals surface area contributed by atoms with Crippen LogP contribution in [-0.4, -0.2) is 24.7 Å². The Bertz CT molecular complexity index is 579. The van der Waals surface area contributed by atoms with Crippen molar-refractivity contribution in [2.75, 3.05) is 25.5 Å². The predicted molar refractivity (Wildman–Crippen MR) is 72.9 cm³/mol. The van der Waals surface area contributed by atoms with Crippen LogP contribution >= 0.6 is 11.6 Å². The highest BCUT2D eigenvalue weighted by molar-refractivity contribution is 6.31. The molecule has 3 rings (SSSR count). The highest BCUT2D eigenvalue weighted by Gasteiger charge is 2.17. The van der Waals surface area contributed by atoms with Gasteiger partial charge >= 0.3 is 0 Å². The lowest BCUT2D eigenvalue weighted by molar-refractivity contribution is 0.0769. The number of ether oxygens (including phenoxy) is 1. The van der Waals surface area contributed by atoms with Gasteiger partial charge in [0.1, 0.15) is 12.0 Å². The monoisotopic (exact) mass is 279 g/mol. The van der Waals surface area contributed by atoms with Crippen molar-refractivity contribution in [3.05, 3.63) is 35.0 Å². The molecule has 1 unspecified atom stereocenters. The van der Waals surface area contributed by atoms with E-state index in [1.807, 2.05) is 18.2 Å². The number of nitrogens with zero attached hydrogens (tertiary/aromatic N) is 1. The molecule has 1 atom stereocenters. The van der Waals surface area contributed by atoms with E-state index in [-0.39, 0.29) is 12.1 Å². The number of hydrogen-bond donors (Lipinski definition) is 2. The van der Waals surface area contributed by atoms with Crippen molar-refractivity contribution in [2.45, 2.75) is 6.04 Å². The number of hydrogen-bond acceptors (Lipinski definition) is 5. The van der Waals surface area contributed by atoms with Gasteiger partial charge in [0.15, 0.2) is 0 Å². The molecule has 1 fully saturated rings. The Balaban J connectivity index is 1.95. The van der Waals surface area contributed by atoms with Crippen LogP contribution < -0.4 is 11.1 Å². The average molecular weight is 280 g/mol. The van der Waals surface area contributed by atoms with Gasteiger partial charge in [-0.2, -0.15) is 4.98 Å². The molecule has 0 amide bonds. The lowest BCUT2D eigenvalue weighted by atomic mass is 10.0. The molecule has 0 saturated carbocycles. The van der Waals surface area contributed by atoms with Crippen LogP contribution in [0, 0.1) is 0 Å². The second kappa shape index (κ2) is 5.21. The fourth-order valence-corrected chi connectivity index (χ4v) is 2.40. The Kier molecular flexibility index (Phi) is 3.42. The first kappa shape index (κ1) is 12.5. The summed E-state index contributed by atoms with van der Waals surface area (Å²) in [4.78, 5) is 4.11. The van der Waals surface area contributed by atoms with E-state index in [0.29, 0.717) is 17.3 Å². The zero-order valence-electron chi connectivity index (χ0n) is 10.2. The van der Waals surface area contributed by atoms with Crippen molar-refractivity contribution in [1.29, 1.82) is 0 Å². The van der Waals surface area contributed by atoms with Crippen molar-refractivity contribution in [3.8, 4) is 11.3 Å². The van der Waals surface area contributed by atoms with Gasteiger partial charge in [-0.1, -0.05) is 11.6 Å². The second-order valence-electron chi connectivity index (χ2n) is 4.43. The van der Waals surface area contributed by atoms with E-state index in [9.17, 15) is 0 Å². The largest absolute Gasteiger partial charge is 0.432 e. The van der Waals surface area contributed by atoms with Gasteiger partial charge in [-0.05, 0) is 23.8 Å². The lowest BCUT2D eigenvalue weighted by Gasteiger charge is -2.24. The Morgan fingerprint density at radius 2 is 2.26 bits per heavy atom. The van der Waals surface area contributed by atoms with Crippen LogP contribution in [0.1, 0.15) is 11.6 Å². The highest BCUT2D eigenvalue weighted by atomic mass is 35.5. The Morgan fingerprint density at radius 1 is 1.37 bits per heavy atom. The van der Waals surface area contributed by atoms with E-state index in [0.717, 1.165) is 24.3 Å². The summed E-state index contributed by atoms with van der Waals surface area (Å²) in [5.41, 5.74) is 8.13. The van der Waals surface area contributed by atoms with Crippen LogP contribution in [0.3, 0.4) is 0 Å². The number of aromatic nitrogens is 1. The van der Waals surface area contributed by atoms with Crippen molar-refractivity contribution < 1.29 is 9.15 Å². The van der Waals surface area contributed by atoms with Crippen molar-refractivity contribution in [3.63, 3.8) is 0 Å². The number of halogens is 1. The smallest absolute Gasteiger partial charge is 0.292 e. The first-order valence-electron chi connectivity index (χ1n) is 6.05. The zero-order chi connectivity index (χ0) is 13.2. The van der Waals surface area contributed by atoms with E-state index < -0.39 is 0 Å². The molecule has 6 heteroatoms. The molecule has 2 heterocycles. The first-order chi connectivity index (χ1) is 9.22. The van der Waals surface area contributed by atoms with Gasteiger partial charge in [0.2, 0.25) is 0 Å². The van der Waals surface area contributed by atoms with Crippen molar-refractivity contribution >= 4 is 17.6 Å². The van der Waals surface area contributed by atoms with E-state index in [1.165, 1.54) is 6.26 Å². The van der Waals surface area contributed by atoms with Crippen LogP contribution in [0.15, 0.2) is 28.9 Å². The molecule has 100 valence electrons. The Hall–Kier alpha value is -1.56. The van der Waals surface area contributed by atoms with E-state index in [4.69, 9.17) is 26.5 Å². The average Bonchev–Trinajstić information content (AvgIpc) is 2.86. The molecule has 0 radical (unpaired) electrons. The fourth-order valence-electron chi connectivity index (χ4n) is 2.16. The summed E-state index contributed by atoms with van der Waals surface area (Å²) in [6, 6.07) is 6.09. The molecule has 1 aliphatic rings. The van der Waals surface area contributed by atoms with Gasteiger partial charge < -0.3 is 20.2 Å². The van der Waals surface area contributed by atoms with Gasteiger partial charge in [0.25, 0.3) is 6.01 Å². The highest BCUT2D eigenvalue weighted by Crippen LogP contribution is 2.28. The Morgan fingerprint density at radius 3 is 2.95 bits per heavy atom. The molecule has 1 aromatic carbocycles. The van der Waals surface area contributed by atoms with Crippen LogP contribution in [0.5, 0.6) is 0 Å². The third-order valence-corrected chi connectivity index (χ3v) is 3.28. The molecule has 0 aliphatic carbocycles. The molecular formula is C13H14ClN3O2. The standard InChI is InChI=1S/C13H14ClN3O2/c14-10-4-8(11-6-18-2-1-16-11)3-9(5-10)12-7-19-13(15)17-12/h3-5,7,11,16H,1-2,6H2,(H2,15,17). The van der Waals surface area contributed by atoms with Gasteiger partial charge in [-0.25, -0.2) is 0 Å². The molecule has 19 heavy (non-hydrogen) atoms. The molecule has 1 saturated heterocycles. The summed E-state index contributed by atoms with van der Waals surface area (Å²) in [6.45, 7) is 2.22. The maximum atomic E-state index is 6.17. The molecule has 0 spiro atoms. The number of anilines is 1. The molecule has 1 aromatic heterocycles. The first-order valence-corrected chi connectivity index (χ1v) is 6.43. The minimum Gasteiger partial charge on any atom is -0.432 e. The van der Waals surface area contributed by atoms with Gasteiger partial charge in [0, 0.05) is 17.1 Å². The molecule has 3 N–H and O–H groups in total. The third kappa shape index (κ3) is 2.73. The van der Waals surface area contributed by atoms with Crippen molar-refractivity contribution in [2.24, 2.45) is 0 Å². The molecule has 0 bridgehead atoms. The molecule has 1 aliphatic heterocycles. The SMILES string of the molecule is Nc1nc(-c2cc(Cl)cc(C3COCCN3)c2)co1. The van der Waals surface area contributed by atoms with Crippen LogP contribution in [0.4, 0.5) is 6.01 Å². The summed E-state index contributed by atoms with van der Waals surface area (Å²) in [5, 5.41) is 4.05. The second-order valence-corrected chi connectivity index (χ2v) is 4.86. The predicted octanol–water partition coefficient (Wildman–Crippen LogP) is 2.24. The molecule has 5 nitrogen and oxygen atoms in total. The Labute approximate surface area is 115 Å². The maximum absolute atomic E-state index is 6.17. The number of nitrogens with two attached hydrogens (primary N) is 1. The summed E-state index contributed by atoms with van der Waals surface area (Å²) >= 11 is 6.17. The van der Waals surface area contributed by atoms with Crippen LogP contribution in [-0.2, 0) is 4.74 Å². The normalized spacial score (nSPS) is 19.5. The van der Waals surface area contributed by atoms with Crippen molar-refractivity contribution in [1.82, 2.24) is 10.3 Å². The quantitative estimate of drug-likeness (QED) is 0.882. The fraction of sp³-hybridized carbons (Fsp3) is 0.308. The topological polar surface area (TPSA) is 73.3 Å². The number of nitrogen functional groups attached to an aromatic ring is 1. The third-order valence-electron chi connectivity index (χ3n) is 3.06. The van der Waals surface area contributed by atoms with Crippen LogP contribution in [0.25, 0.3) is 11.3 Å². The van der Waals surface area contributed by atoms with E-state index in [1.54, 1.807) is 0 Å². The molecular weight excluding hydrogens is 266 g/mol. The number of nitrogens with one attached hydrogen (secondary N) is 1. The number of morpholine rings is 1. The number of benzene rings is 1. The molecule has 2 aromatic rings.